The topological polar surface area (TPSA) is 38.0 Å². The minimum absolute atomic E-state index is 0.359. The number of aliphatic hydroxyl groups excluding tert-OH is 1. The van der Waals surface area contributed by atoms with E-state index in [4.69, 9.17) is 0 Å². The molecule has 1 N–H and O–H groups in total. The summed E-state index contributed by atoms with van der Waals surface area (Å²) in [5.74, 6) is 1.38. The van der Waals surface area contributed by atoms with E-state index in [0.29, 0.717) is 12.5 Å². The molecule has 0 radical (unpaired) electrons. The van der Waals surface area contributed by atoms with Crippen LogP contribution >= 0.6 is 0 Å². The van der Waals surface area contributed by atoms with Crippen molar-refractivity contribution in [1.82, 2.24) is 9.55 Å². The molecule has 108 valence electrons. The van der Waals surface area contributed by atoms with E-state index in [1.165, 1.54) is 5.56 Å². The quantitative estimate of drug-likeness (QED) is 0.922. The Bertz CT molecular complexity index is 576. The fourth-order valence-electron chi connectivity index (χ4n) is 2.97. The third-order valence-electron chi connectivity index (χ3n) is 3.70. The first-order valence-electron chi connectivity index (χ1n) is 7.17. The number of hydrogen-bond acceptors (Lipinski definition) is 2. The lowest BCUT2D eigenvalue weighted by Crippen LogP contribution is -2.14. The largest absolute Gasteiger partial charge is 0.387 e. The van der Waals surface area contributed by atoms with Gasteiger partial charge in [-0.3, -0.25) is 0 Å². The molecular formula is C17H24N2O. The Morgan fingerprint density at radius 2 is 1.75 bits per heavy atom. The van der Waals surface area contributed by atoms with Crippen LogP contribution in [0.5, 0.6) is 0 Å². The molecule has 1 atom stereocenters. The molecular weight excluding hydrogens is 248 g/mol. The van der Waals surface area contributed by atoms with Gasteiger partial charge in [0.2, 0.25) is 0 Å². The van der Waals surface area contributed by atoms with Crippen molar-refractivity contribution in [2.75, 3.05) is 0 Å². The van der Waals surface area contributed by atoms with Gasteiger partial charge in [0.15, 0.2) is 0 Å². The molecule has 0 saturated heterocycles. The normalized spacial score (nSPS) is 12.9. The molecule has 0 aliphatic rings. The number of imidazole rings is 1. The first kappa shape index (κ1) is 14.8. The Kier molecular flexibility index (Phi) is 4.29. The van der Waals surface area contributed by atoms with Gasteiger partial charge in [0, 0.05) is 18.3 Å². The fraction of sp³-hybridized carbons (Fsp3) is 0.471. The summed E-state index contributed by atoms with van der Waals surface area (Å²) in [4.78, 5) is 4.37. The minimum atomic E-state index is -0.498. The molecule has 2 rings (SSSR count). The van der Waals surface area contributed by atoms with E-state index in [0.717, 1.165) is 22.5 Å². The maximum atomic E-state index is 10.6. The van der Waals surface area contributed by atoms with Crippen molar-refractivity contribution in [3.8, 4) is 0 Å². The Morgan fingerprint density at radius 3 is 2.30 bits per heavy atom. The van der Waals surface area contributed by atoms with Crippen LogP contribution in [0.15, 0.2) is 24.5 Å². The number of hydrogen-bond donors (Lipinski definition) is 1. The zero-order valence-electron chi connectivity index (χ0n) is 13.0. The summed E-state index contributed by atoms with van der Waals surface area (Å²) in [7, 11) is 0. The Labute approximate surface area is 121 Å². The molecule has 3 heteroatoms. The molecule has 2 aromatic rings. The average molecular weight is 272 g/mol. The molecule has 0 aliphatic carbocycles. The lowest BCUT2D eigenvalue weighted by Gasteiger charge is -2.19. The Hall–Kier alpha value is -1.61. The average Bonchev–Trinajstić information content (AvgIpc) is 2.75. The van der Waals surface area contributed by atoms with Crippen LogP contribution in [0.2, 0.25) is 0 Å². The van der Waals surface area contributed by atoms with Gasteiger partial charge in [-0.25, -0.2) is 4.98 Å². The van der Waals surface area contributed by atoms with Crippen molar-refractivity contribution in [3.05, 3.63) is 52.6 Å². The van der Waals surface area contributed by atoms with Gasteiger partial charge in [-0.1, -0.05) is 31.5 Å². The molecule has 1 aromatic heterocycles. The van der Waals surface area contributed by atoms with Crippen molar-refractivity contribution in [3.63, 3.8) is 0 Å². The molecule has 1 unspecified atom stereocenters. The molecule has 0 fully saturated rings. The molecule has 0 spiro atoms. The highest BCUT2D eigenvalue weighted by atomic mass is 16.3. The van der Waals surface area contributed by atoms with Gasteiger partial charge < -0.3 is 9.67 Å². The van der Waals surface area contributed by atoms with Crippen LogP contribution in [0, 0.1) is 20.8 Å². The van der Waals surface area contributed by atoms with E-state index < -0.39 is 6.10 Å². The summed E-state index contributed by atoms with van der Waals surface area (Å²) < 4.78 is 2.05. The van der Waals surface area contributed by atoms with E-state index in [1.807, 2.05) is 10.8 Å². The summed E-state index contributed by atoms with van der Waals surface area (Å²) in [5, 5.41) is 10.6. The van der Waals surface area contributed by atoms with Gasteiger partial charge in [-0.2, -0.15) is 0 Å². The van der Waals surface area contributed by atoms with E-state index in [1.54, 1.807) is 6.20 Å². The lowest BCUT2D eigenvalue weighted by molar-refractivity contribution is 0.153. The van der Waals surface area contributed by atoms with Crippen LogP contribution in [0.25, 0.3) is 0 Å². The lowest BCUT2D eigenvalue weighted by atomic mass is 9.95. The molecule has 1 aromatic carbocycles. The summed E-state index contributed by atoms with van der Waals surface area (Å²) in [5.41, 5.74) is 4.59. The Morgan fingerprint density at radius 1 is 1.15 bits per heavy atom. The molecule has 0 saturated carbocycles. The maximum Gasteiger partial charge on any atom is 0.111 e. The highest BCUT2D eigenvalue weighted by Crippen LogP contribution is 2.25. The predicted molar refractivity (Wildman–Crippen MR) is 81.9 cm³/mol. The number of aliphatic hydroxyl groups is 1. The van der Waals surface area contributed by atoms with Crippen molar-refractivity contribution in [2.45, 2.75) is 53.2 Å². The second-order valence-corrected chi connectivity index (χ2v) is 5.92. The SMILES string of the molecule is Cc1cc(C)c(C(O)Cn2ccnc2C(C)C)c(C)c1. The molecule has 0 aliphatic heterocycles. The zero-order valence-corrected chi connectivity index (χ0v) is 13.0. The first-order chi connectivity index (χ1) is 9.40. The van der Waals surface area contributed by atoms with Gasteiger partial charge in [0.25, 0.3) is 0 Å². The van der Waals surface area contributed by atoms with Crippen molar-refractivity contribution in [2.24, 2.45) is 0 Å². The van der Waals surface area contributed by atoms with Crippen LogP contribution in [-0.4, -0.2) is 14.7 Å². The number of aromatic nitrogens is 2. The van der Waals surface area contributed by atoms with Gasteiger partial charge in [-0.15, -0.1) is 0 Å². The highest BCUT2D eigenvalue weighted by Gasteiger charge is 2.16. The number of aryl methyl sites for hydroxylation is 3. The van der Waals surface area contributed by atoms with Crippen LogP contribution in [-0.2, 0) is 6.54 Å². The standard InChI is InChI=1S/C17H24N2O/c1-11(2)17-18-6-7-19(17)10-15(20)16-13(4)8-12(3)9-14(16)5/h6-9,11,15,20H,10H2,1-5H3. The van der Waals surface area contributed by atoms with Gasteiger partial charge >= 0.3 is 0 Å². The molecule has 20 heavy (non-hydrogen) atoms. The number of benzene rings is 1. The number of nitrogens with zero attached hydrogens (tertiary/aromatic N) is 2. The van der Waals surface area contributed by atoms with E-state index in [9.17, 15) is 5.11 Å². The van der Waals surface area contributed by atoms with E-state index in [-0.39, 0.29) is 0 Å². The second-order valence-electron chi connectivity index (χ2n) is 5.92. The molecule has 3 nitrogen and oxygen atoms in total. The van der Waals surface area contributed by atoms with Gasteiger partial charge in [0.05, 0.1) is 12.6 Å². The van der Waals surface area contributed by atoms with Crippen molar-refractivity contribution >= 4 is 0 Å². The van der Waals surface area contributed by atoms with Crippen molar-refractivity contribution < 1.29 is 5.11 Å². The molecule has 0 amide bonds. The molecule has 0 bridgehead atoms. The maximum absolute atomic E-state index is 10.6. The third kappa shape index (κ3) is 2.93. The van der Waals surface area contributed by atoms with Crippen molar-refractivity contribution in [1.29, 1.82) is 0 Å². The minimum Gasteiger partial charge on any atom is -0.387 e. The van der Waals surface area contributed by atoms with Gasteiger partial charge in [0.1, 0.15) is 5.82 Å². The first-order valence-corrected chi connectivity index (χ1v) is 7.17. The summed E-state index contributed by atoms with van der Waals surface area (Å²) in [6, 6.07) is 4.26. The van der Waals surface area contributed by atoms with E-state index >= 15 is 0 Å². The zero-order chi connectivity index (χ0) is 14.9. The third-order valence-corrected chi connectivity index (χ3v) is 3.70. The van der Waals surface area contributed by atoms with Crippen LogP contribution in [0.3, 0.4) is 0 Å². The summed E-state index contributed by atoms with van der Waals surface area (Å²) >= 11 is 0. The predicted octanol–water partition coefficient (Wildman–Crippen LogP) is 3.67. The van der Waals surface area contributed by atoms with Crippen LogP contribution in [0.4, 0.5) is 0 Å². The van der Waals surface area contributed by atoms with Gasteiger partial charge in [-0.05, 0) is 37.5 Å². The fourth-order valence-corrected chi connectivity index (χ4v) is 2.97. The summed E-state index contributed by atoms with van der Waals surface area (Å²) in [6.45, 7) is 11.0. The number of rotatable bonds is 4. The highest BCUT2D eigenvalue weighted by molar-refractivity contribution is 5.38. The Balaban J connectivity index is 2.29. The monoisotopic (exact) mass is 272 g/mol. The molecule has 1 heterocycles. The smallest absolute Gasteiger partial charge is 0.111 e. The van der Waals surface area contributed by atoms with Crippen LogP contribution in [0.1, 0.15) is 53.9 Å². The van der Waals surface area contributed by atoms with E-state index in [2.05, 4.69) is 51.7 Å². The summed E-state index contributed by atoms with van der Waals surface area (Å²) in [6.07, 6.45) is 3.25. The second kappa shape index (κ2) is 5.80. The van der Waals surface area contributed by atoms with Crippen LogP contribution < -0.4 is 0 Å².